The molecule has 8 heteroatoms. The van der Waals surface area contributed by atoms with Crippen molar-refractivity contribution < 1.29 is 17.9 Å². The normalized spacial score (nSPS) is 23.1. The second kappa shape index (κ2) is 8.34. The lowest BCUT2D eigenvalue weighted by Crippen LogP contribution is -2.39. The molecule has 0 unspecified atom stereocenters. The maximum atomic E-state index is 13.1. The SMILES string of the molecule is O=S(=O)(c1ccc2c(c1)OCCO2)N1CCCN(CC2CCNCC2)CC1. The molecule has 0 aromatic heterocycles. The van der Waals surface area contributed by atoms with Gasteiger partial charge in [0.15, 0.2) is 11.5 Å². The maximum absolute atomic E-state index is 13.1. The first kappa shape index (κ1) is 19.0. The van der Waals surface area contributed by atoms with Gasteiger partial charge in [0.1, 0.15) is 13.2 Å². The van der Waals surface area contributed by atoms with E-state index in [1.54, 1.807) is 22.5 Å². The molecular formula is C19H29N3O4S. The van der Waals surface area contributed by atoms with E-state index >= 15 is 0 Å². The van der Waals surface area contributed by atoms with Gasteiger partial charge >= 0.3 is 0 Å². The van der Waals surface area contributed by atoms with Gasteiger partial charge in [0.05, 0.1) is 4.90 Å². The zero-order valence-electron chi connectivity index (χ0n) is 15.7. The molecule has 1 N–H and O–H groups in total. The van der Waals surface area contributed by atoms with Crippen LogP contribution in [0.5, 0.6) is 11.5 Å². The minimum atomic E-state index is -3.51. The van der Waals surface area contributed by atoms with Gasteiger partial charge in [-0.2, -0.15) is 4.31 Å². The number of ether oxygens (including phenoxy) is 2. The standard InChI is InChI=1S/C19H29N3O4S/c23-27(24,17-2-3-18-19(14-17)26-13-12-25-18)22-9-1-8-21(10-11-22)15-16-4-6-20-7-5-16/h2-3,14,16,20H,1,4-13,15H2. The van der Waals surface area contributed by atoms with Crippen LogP contribution in [0, 0.1) is 5.92 Å². The van der Waals surface area contributed by atoms with Crippen molar-refractivity contribution in [2.75, 3.05) is 59.0 Å². The largest absolute Gasteiger partial charge is 0.486 e. The molecule has 0 atom stereocenters. The molecule has 7 nitrogen and oxygen atoms in total. The van der Waals surface area contributed by atoms with Crippen molar-refractivity contribution in [1.82, 2.24) is 14.5 Å². The van der Waals surface area contributed by atoms with Gasteiger partial charge in [-0.1, -0.05) is 0 Å². The predicted octanol–water partition coefficient (Wildman–Crippen LogP) is 1.15. The third-order valence-corrected chi connectivity index (χ3v) is 7.57. The van der Waals surface area contributed by atoms with E-state index in [1.807, 2.05) is 0 Å². The van der Waals surface area contributed by atoms with E-state index in [2.05, 4.69) is 10.2 Å². The molecule has 0 saturated carbocycles. The first-order chi connectivity index (χ1) is 13.1. The first-order valence-electron chi connectivity index (χ1n) is 9.96. The van der Waals surface area contributed by atoms with Crippen molar-refractivity contribution in [1.29, 1.82) is 0 Å². The van der Waals surface area contributed by atoms with Crippen molar-refractivity contribution in [2.45, 2.75) is 24.2 Å². The summed E-state index contributed by atoms with van der Waals surface area (Å²) in [5.74, 6) is 1.86. The van der Waals surface area contributed by atoms with Gasteiger partial charge < -0.3 is 19.7 Å². The summed E-state index contributed by atoms with van der Waals surface area (Å²) in [6.07, 6.45) is 3.31. The molecule has 2 saturated heterocycles. The molecule has 0 bridgehead atoms. The smallest absolute Gasteiger partial charge is 0.243 e. The highest BCUT2D eigenvalue weighted by Gasteiger charge is 2.29. The van der Waals surface area contributed by atoms with Crippen molar-refractivity contribution in [2.24, 2.45) is 5.92 Å². The lowest BCUT2D eigenvalue weighted by molar-refractivity contribution is 0.171. The number of benzene rings is 1. The Morgan fingerprint density at radius 1 is 1.00 bits per heavy atom. The summed E-state index contributed by atoms with van der Waals surface area (Å²) in [4.78, 5) is 2.73. The summed E-state index contributed by atoms with van der Waals surface area (Å²) in [6.45, 7) is 7.11. The Morgan fingerprint density at radius 2 is 1.78 bits per heavy atom. The number of nitrogens with zero attached hydrogens (tertiary/aromatic N) is 2. The van der Waals surface area contributed by atoms with Crippen LogP contribution in [0.3, 0.4) is 0 Å². The van der Waals surface area contributed by atoms with Crippen LogP contribution >= 0.6 is 0 Å². The molecule has 0 radical (unpaired) electrons. The third-order valence-electron chi connectivity index (χ3n) is 5.67. The number of fused-ring (bicyclic) bond motifs is 1. The van der Waals surface area contributed by atoms with E-state index in [-0.39, 0.29) is 0 Å². The average molecular weight is 396 g/mol. The highest BCUT2D eigenvalue weighted by Crippen LogP contribution is 2.33. The van der Waals surface area contributed by atoms with Gasteiger partial charge in [0, 0.05) is 32.2 Å². The fourth-order valence-electron chi connectivity index (χ4n) is 4.13. The summed E-state index contributed by atoms with van der Waals surface area (Å²) < 4.78 is 38.9. The summed E-state index contributed by atoms with van der Waals surface area (Å²) in [5, 5.41) is 3.41. The Morgan fingerprint density at radius 3 is 2.59 bits per heavy atom. The molecule has 27 heavy (non-hydrogen) atoms. The molecule has 3 aliphatic heterocycles. The van der Waals surface area contributed by atoms with Gasteiger partial charge in [-0.25, -0.2) is 8.42 Å². The fourth-order valence-corrected chi connectivity index (χ4v) is 5.62. The second-order valence-electron chi connectivity index (χ2n) is 7.56. The molecule has 4 rings (SSSR count). The lowest BCUT2D eigenvalue weighted by Gasteiger charge is -2.29. The minimum absolute atomic E-state index is 0.290. The van der Waals surface area contributed by atoms with Crippen LogP contribution in [-0.4, -0.2) is 76.6 Å². The third kappa shape index (κ3) is 4.39. The summed E-state index contributed by atoms with van der Waals surface area (Å²) in [5.41, 5.74) is 0. The maximum Gasteiger partial charge on any atom is 0.243 e. The van der Waals surface area contributed by atoms with E-state index < -0.39 is 10.0 Å². The van der Waals surface area contributed by atoms with Gasteiger partial charge in [0.25, 0.3) is 0 Å². The van der Waals surface area contributed by atoms with Crippen molar-refractivity contribution in [3.05, 3.63) is 18.2 Å². The molecule has 1 aromatic carbocycles. The highest BCUT2D eigenvalue weighted by molar-refractivity contribution is 7.89. The van der Waals surface area contributed by atoms with Gasteiger partial charge in [-0.05, 0) is 56.9 Å². The first-order valence-corrected chi connectivity index (χ1v) is 11.4. The zero-order valence-corrected chi connectivity index (χ0v) is 16.5. The number of piperidine rings is 1. The predicted molar refractivity (Wildman–Crippen MR) is 103 cm³/mol. The molecule has 0 amide bonds. The Hall–Kier alpha value is -1.35. The number of hydrogen-bond donors (Lipinski definition) is 1. The Balaban J connectivity index is 1.41. The summed E-state index contributed by atoms with van der Waals surface area (Å²) >= 11 is 0. The van der Waals surface area contributed by atoms with Crippen LogP contribution in [-0.2, 0) is 10.0 Å². The molecule has 3 heterocycles. The molecule has 2 fully saturated rings. The molecule has 1 aromatic rings. The van der Waals surface area contributed by atoms with Crippen molar-refractivity contribution in [3.63, 3.8) is 0 Å². The number of nitrogens with one attached hydrogen (secondary N) is 1. The fraction of sp³-hybridized carbons (Fsp3) is 0.684. The van der Waals surface area contributed by atoms with Crippen LogP contribution in [0.25, 0.3) is 0 Å². The van der Waals surface area contributed by atoms with Crippen molar-refractivity contribution in [3.8, 4) is 11.5 Å². The quantitative estimate of drug-likeness (QED) is 0.825. The number of rotatable bonds is 4. The van der Waals surface area contributed by atoms with Crippen LogP contribution in [0.2, 0.25) is 0 Å². The topological polar surface area (TPSA) is 71.1 Å². The van der Waals surface area contributed by atoms with E-state index in [4.69, 9.17) is 9.47 Å². The van der Waals surface area contributed by atoms with E-state index in [1.165, 1.54) is 12.8 Å². The van der Waals surface area contributed by atoms with E-state index in [9.17, 15) is 8.42 Å². The van der Waals surface area contributed by atoms with Crippen LogP contribution < -0.4 is 14.8 Å². The molecule has 150 valence electrons. The molecule has 0 spiro atoms. The minimum Gasteiger partial charge on any atom is -0.486 e. The summed E-state index contributed by atoms with van der Waals surface area (Å²) in [7, 11) is -3.51. The molecule has 0 aliphatic carbocycles. The van der Waals surface area contributed by atoms with Crippen LogP contribution in [0.15, 0.2) is 23.1 Å². The van der Waals surface area contributed by atoms with Gasteiger partial charge in [-0.3, -0.25) is 0 Å². The van der Waals surface area contributed by atoms with E-state index in [0.29, 0.717) is 42.7 Å². The monoisotopic (exact) mass is 395 g/mol. The average Bonchev–Trinajstić information content (AvgIpc) is 2.94. The van der Waals surface area contributed by atoms with Gasteiger partial charge in [0.2, 0.25) is 10.0 Å². The summed E-state index contributed by atoms with van der Waals surface area (Å²) in [6, 6.07) is 4.92. The number of hydrogen-bond acceptors (Lipinski definition) is 6. The molecular weight excluding hydrogens is 366 g/mol. The molecule has 3 aliphatic rings. The van der Waals surface area contributed by atoms with Gasteiger partial charge in [-0.15, -0.1) is 0 Å². The Bertz CT molecular complexity index is 749. The highest BCUT2D eigenvalue weighted by atomic mass is 32.2. The Labute approximate surface area is 161 Å². The van der Waals surface area contributed by atoms with Crippen LogP contribution in [0.4, 0.5) is 0 Å². The lowest BCUT2D eigenvalue weighted by atomic mass is 9.97. The van der Waals surface area contributed by atoms with Crippen molar-refractivity contribution >= 4 is 10.0 Å². The Kier molecular flexibility index (Phi) is 5.87. The van der Waals surface area contributed by atoms with E-state index in [0.717, 1.165) is 45.1 Å². The number of sulfonamides is 1. The zero-order chi connectivity index (χ0) is 18.7. The second-order valence-corrected chi connectivity index (χ2v) is 9.50. The van der Waals surface area contributed by atoms with Crippen LogP contribution in [0.1, 0.15) is 19.3 Å².